The van der Waals surface area contributed by atoms with Crippen LogP contribution in [-0.4, -0.2) is 34.8 Å². The summed E-state index contributed by atoms with van der Waals surface area (Å²) in [5, 5.41) is 29.4. The molecule has 6 nitrogen and oxygen atoms in total. The quantitative estimate of drug-likeness (QED) is 0.744. The molecule has 23 heavy (non-hydrogen) atoms. The Morgan fingerprint density at radius 3 is 2.65 bits per heavy atom. The predicted molar refractivity (Wildman–Crippen MR) is 79.6 cm³/mol. The van der Waals surface area contributed by atoms with Gasteiger partial charge in [0.05, 0.1) is 12.5 Å². The van der Waals surface area contributed by atoms with Crippen LogP contribution in [0.1, 0.15) is 21.5 Å². The van der Waals surface area contributed by atoms with E-state index in [1.165, 1.54) is 13.2 Å². The number of hydrogen-bond acceptors (Lipinski definition) is 6. The van der Waals surface area contributed by atoms with Gasteiger partial charge in [-0.25, -0.2) is 0 Å². The van der Waals surface area contributed by atoms with Crippen molar-refractivity contribution in [2.75, 3.05) is 13.7 Å². The molecule has 0 aromatic heterocycles. The number of benzene rings is 2. The summed E-state index contributed by atoms with van der Waals surface area (Å²) in [5.74, 6) is -0.225. The van der Waals surface area contributed by atoms with Crippen molar-refractivity contribution in [2.24, 2.45) is 0 Å². The lowest BCUT2D eigenvalue weighted by molar-refractivity contribution is 0.0723. The van der Waals surface area contributed by atoms with Crippen LogP contribution >= 0.6 is 0 Å². The van der Waals surface area contributed by atoms with Gasteiger partial charge in [-0.3, -0.25) is 4.79 Å². The van der Waals surface area contributed by atoms with E-state index >= 15 is 0 Å². The van der Waals surface area contributed by atoms with Crippen molar-refractivity contribution in [2.45, 2.75) is 11.8 Å². The van der Waals surface area contributed by atoms with Crippen molar-refractivity contribution >= 4 is 5.78 Å². The summed E-state index contributed by atoms with van der Waals surface area (Å²) < 4.78 is 10.7. The van der Waals surface area contributed by atoms with Crippen molar-refractivity contribution in [3.63, 3.8) is 0 Å². The van der Waals surface area contributed by atoms with E-state index in [-0.39, 0.29) is 46.7 Å². The van der Waals surface area contributed by atoms with Crippen LogP contribution < -0.4 is 9.47 Å². The summed E-state index contributed by atoms with van der Waals surface area (Å²) in [6, 6.07) is 5.66. The molecule has 0 saturated carbocycles. The smallest absolute Gasteiger partial charge is 0.184 e. The minimum absolute atomic E-state index is 0.0263. The first-order chi connectivity index (χ1) is 11.0. The number of ketones is 1. The van der Waals surface area contributed by atoms with Gasteiger partial charge in [-0.2, -0.15) is 0 Å². The fraction of sp³-hybridized carbons (Fsp3) is 0.235. The summed E-state index contributed by atoms with van der Waals surface area (Å²) in [6.45, 7) is 0.114. The van der Waals surface area contributed by atoms with Crippen LogP contribution in [0.3, 0.4) is 0 Å². The van der Waals surface area contributed by atoms with E-state index in [2.05, 4.69) is 0 Å². The van der Waals surface area contributed by atoms with Crippen molar-refractivity contribution in [3.8, 4) is 28.7 Å². The molecule has 118 valence electrons. The Hall–Kier alpha value is -2.89. The fourth-order valence-corrected chi connectivity index (χ4v) is 3.45. The first-order valence-corrected chi connectivity index (χ1v) is 7.10. The number of fused-ring (bicyclic) bond motifs is 3. The molecule has 1 atom stereocenters. The average molecular weight is 314 g/mol. The Kier molecular flexibility index (Phi) is 2.58. The highest BCUT2D eigenvalue weighted by Gasteiger charge is 2.54. The first-order valence-electron chi connectivity index (χ1n) is 7.10. The molecule has 3 N–H and O–H groups in total. The fourth-order valence-electron chi connectivity index (χ4n) is 3.45. The Morgan fingerprint density at radius 2 is 1.91 bits per heavy atom. The number of carbonyl (C=O) groups is 1. The maximum atomic E-state index is 13.0. The average Bonchev–Trinajstić information content (AvgIpc) is 2.48. The van der Waals surface area contributed by atoms with Gasteiger partial charge in [0.25, 0.3) is 0 Å². The summed E-state index contributed by atoms with van der Waals surface area (Å²) in [4.78, 5) is 13.0. The first kappa shape index (κ1) is 13.8. The Labute approximate surface area is 131 Å². The molecule has 1 aliphatic heterocycles. The molecule has 0 radical (unpaired) electrons. The van der Waals surface area contributed by atoms with Crippen LogP contribution in [0.4, 0.5) is 0 Å². The highest BCUT2D eigenvalue weighted by molar-refractivity contribution is 6.11. The molecular formula is C17H14O6. The van der Waals surface area contributed by atoms with Gasteiger partial charge in [0, 0.05) is 12.1 Å². The second-order valence-corrected chi connectivity index (χ2v) is 5.90. The van der Waals surface area contributed by atoms with E-state index in [0.29, 0.717) is 6.42 Å². The van der Waals surface area contributed by atoms with Crippen LogP contribution in [0, 0.1) is 0 Å². The number of phenols is 3. The summed E-state index contributed by atoms with van der Waals surface area (Å²) in [7, 11) is 1.44. The van der Waals surface area contributed by atoms with Crippen molar-refractivity contribution in [1.82, 2.24) is 0 Å². The Morgan fingerprint density at radius 1 is 1.13 bits per heavy atom. The molecule has 2 aromatic rings. The Balaban J connectivity index is 1.85. The lowest BCUT2D eigenvalue weighted by Gasteiger charge is -2.45. The van der Waals surface area contributed by atoms with E-state index in [4.69, 9.17) is 9.47 Å². The molecule has 0 amide bonds. The zero-order chi connectivity index (χ0) is 16.4. The molecule has 4 rings (SSSR count). The van der Waals surface area contributed by atoms with Crippen molar-refractivity contribution in [3.05, 3.63) is 41.0 Å². The predicted octanol–water partition coefficient (Wildman–Crippen LogP) is 1.88. The monoisotopic (exact) mass is 314 g/mol. The normalized spacial score (nSPS) is 21.2. The third kappa shape index (κ3) is 1.66. The van der Waals surface area contributed by atoms with E-state index in [1.807, 2.05) is 0 Å². The number of rotatable bonds is 1. The Bertz CT molecular complexity index is 857. The molecule has 2 aliphatic rings. The number of ether oxygens (including phenoxy) is 2. The molecule has 1 heterocycles. The third-order valence-electron chi connectivity index (χ3n) is 4.61. The molecule has 0 bridgehead atoms. The standard InChI is InChI=1S/C17H14O6/c1-22-13-5-10-8(2-11(13)19)6-17(10)7-23-14-4-9(18)3-12(20)15(14)16(17)21/h2-5,18-20H,6-7H2,1H3. The molecule has 2 aromatic carbocycles. The van der Waals surface area contributed by atoms with Gasteiger partial charge in [0.1, 0.15) is 29.4 Å². The molecule has 0 saturated heterocycles. The summed E-state index contributed by atoms with van der Waals surface area (Å²) in [5.41, 5.74) is 0.765. The van der Waals surface area contributed by atoms with Gasteiger partial charge in [-0.15, -0.1) is 0 Å². The SMILES string of the molecule is COc1cc2c(cc1O)CC21COc2cc(O)cc(O)c2C1=O. The van der Waals surface area contributed by atoms with Gasteiger partial charge in [-0.05, 0) is 29.7 Å². The van der Waals surface area contributed by atoms with E-state index in [1.54, 1.807) is 12.1 Å². The van der Waals surface area contributed by atoms with Crippen LogP contribution in [0.15, 0.2) is 24.3 Å². The van der Waals surface area contributed by atoms with E-state index < -0.39 is 5.41 Å². The molecular weight excluding hydrogens is 300 g/mol. The number of hydrogen-bond donors (Lipinski definition) is 3. The zero-order valence-electron chi connectivity index (χ0n) is 12.3. The molecule has 1 spiro atoms. The van der Waals surface area contributed by atoms with Crippen LogP contribution in [0.25, 0.3) is 0 Å². The lowest BCUT2D eigenvalue weighted by atomic mass is 9.60. The topological polar surface area (TPSA) is 96.2 Å². The largest absolute Gasteiger partial charge is 0.508 e. The van der Waals surface area contributed by atoms with Crippen molar-refractivity contribution < 1.29 is 29.6 Å². The van der Waals surface area contributed by atoms with Gasteiger partial charge in [0.2, 0.25) is 0 Å². The van der Waals surface area contributed by atoms with E-state index in [0.717, 1.165) is 17.2 Å². The molecule has 1 unspecified atom stereocenters. The van der Waals surface area contributed by atoms with Crippen molar-refractivity contribution in [1.29, 1.82) is 0 Å². The minimum Gasteiger partial charge on any atom is -0.508 e. The second kappa shape index (κ2) is 4.32. The highest BCUT2D eigenvalue weighted by atomic mass is 16.5. The highest BCUT2D eigenvalue weighted by Crippen LogP contribution is 2.52. The molecule has 0 fully saturated rings. The number of phenolic OH excluding ortho intramolecular Hbond substituents is 3. The summed E-state index contributed by atoms with van der Waals surface area (Å²) in [6.07, 6.45) is 0.415. The minimum atomic E-state index is -0.891. The number of carbonyl (C=O) groups excluding carboxylic acids is 1. The third-order valence-corrected chi connectivity index (χ3v) is 4.61. The van der Waals surface area contributed by atoms with Crippen LogP contribution in [-0.2, 0) is 11.8 Å². The number of Topliss-reactive ketones (excluding diaryl/α,β-unsaturated/α-hetero) is 1. The van der Waals surface area contributed by atoms with Gasteiger partial charge >= 0.3 is 0 Å². The number of methoxy groups -OCH3 is 1. The zero-order valence-corrected chi connectivity index (χ0v) is 12.3. The summed E-state index contributed by atoms with van der Waals surface area (Å²) >= 11 is 0. The lowest BCUT2D eigenvalue weighted by Crippen LogP contribution is -2.52. The molecule has 6 heteroatoms. The van der Waals surface area contributed by atoms with Crippen LogP contribution in [0.2, 0.25) is 0 Å². The van der Waals surface area contributed by atoms with Gasteiger partial charge < -0.3 is 24.8 Å². The number of aromatic hydroxyl groups is 3. The molecule has 1 aliphatic carbocycles. The van der Waals surface area contributed by atoms with E-state index in [9.17, 15) is 20.1 Å². The maximum absolute atomic E-state index is 13.0. The second-order valence-electron chi connectivity index (χ2n) is 5.90. The van der Waals surface area contributed by atoms with Gasteiger partial charge in [-0.1, -0.05) is 0 Å². The maximum Gasteiger partial charge on any atom is 0.184 e. The van der Waals surface area contributed by atoms with Crippen LogP contribution in [0.5, 0.6) is 28.7 Å². The van der Waals surface area contributed by atoms with Gasteiger partial charge in [0.15, 0.2) is 17.3 Å².